The molecule has 0 saturated carbocycles. The molecular weight excluding hydrogens is 406 g/mol. The van der Waals surface area contributed by atoms with Crippen molar-refractivity contribution in [1.29, 1.82) is 0 Å². The lowest BCUT2D eigenvalue weighted by Crippen LogP contribution is -2.49. The summed E-state index contributed by atoms with van der Waals surface area (Å²) in [5.41, 5.74) is 8.96. The van der Waals surface area contributed by atoms with Crippen LogP contribution in [0.3, 0.4) is 0 Å². The molecule has 170 valence electrons. The Hall–Kier alpha value is -3.06. The minimum atomic E-state index is -0.322. The zero-order chi connectivity index (χ0) is 22.7. The van der Waals surface area contributed by atoms with Crippen LogP contribution in [0, 0.1) is 5.92 Å². The molecule has 1 fully saturated rings. The fraction of sp³-hybridized carbons (Fsp3) is 0.440. The molecule has 0 radical (unpaired) electrons. The van der Waals surface area contributed by atoms with Crippen LogP contribution in [0.2, 0.25) is 0 Å². The van der Waals surface area contributed by atoms with Gasteiger partial charge in [-0.25, -0.2) is 0 Å². The van der Waals surface area contributed by atoms with Gasteiger partial charge in [-0.3, -0.25) is 14.5 Å². The molecule has 0 aromatic heterocycles. The lowest BCUT2D eigenvalue weighted by Gasteiger charge is -2.39. The monoisotopic (exact) mass is 437 g/mol. The molecule has 4 rings (SSSR count). The molecule has 2 heterocycles. The minimum absolute atomic E-state index is 0.0424. The first kappa shape index (κ1) is 22.1. The van der Waals surface area contributed by atoms with Gasteiger partial charge in [0.15, 0.2) is 11.5 Å². The molecule has 0 spiro atoms. The molecule has 2 aliphatic rings. The van der Waals surface area contributed by atoms with E-state index in [1.807, 2.05) is 30.3 Å². The first-order valence-corrected chi connectivity index (χ1v) is 11.1. The van der Waals surface area contributed by atoms with Gasteiger partial charge in [-0.1, -0.05) is 30.3 Å². The van der Waals surface area contributed by atoms with E-state index in [-0.39, 0.29) is 23.8 Å². The average Bonchev–Trinajstić information content (AvgIpc) is 2.83. The molecule has 2 amide bonds. The highest BCUT2D eigenvalue weighted by atomic mass is 16.5. The highest BCUT2D eigenvalue weighted by Crippen LogP contribution is 2.41. The van der Waals surface area contributed by atoms with Crippen molar-refractivity contribution in [3.63, 3.8) is 0 Å². The van der Waals surface area contributed by atoms with E-state index in [0.29, 0.717) is 31.1 Å². The van der Waals surface area contributed by atoms with Crippen molar-refractivity contribution in [3.8, 4) is 11.5 Å². The molecule has 0 bridgehead atoms. The van der Waals surface area contributed by atoms with Crippen molar-refractivity contribution in [2.45, 2.75) is 25.3 Å². The molecule has 7 heteroatoms. The molecule has 7 nitrogen and oxygen atoms in total. The van der Waals surface area contributed by atoms with Gasteiger partial charge in [-0.2, -0.15) is 0 Å². The zero-order valence-corrected chi connectivity index (χ0v) is 18.8. The Balaban J connectivity index is 1.64. The quantitative estimate of drug-likeness (QED) is 0.750. The highest BCUT2D eigenvalue weighted by Gasteiger charge is 2.34. The lowest BCUT2D eigenvalue weighted by atomic mass is 9.87. The standard InChI is InChI=1S/C25H31N3O4/c1-31-21-13-18-10-12-28(16-23(29)27-11-6-9-19(15-27)25(26)30)24(17-7-4-3-5-8-17)20(18)14-22(21)32-2/h3-5,7-8,13-14,19,24H,6,9-12,15-16H2,1-2H3,(H2,26,30)/t19-,24-/m0/s1. The molecule has 1 saturated heterocycles. The SMILES string of the molecule is COc1cc2c(cc1OC)[C@H](c1ccccc1)N(CC(=O)N1CCC[C@H](C(N)=O)C1)CC2. The maximum absolute atomic E-state index is 13.2. The van der Waals surface area contributed by atoms with Crippen molar-refractivity contribution in [1.82, 2.24) is 9.80 Å². The maximum atomic E-state index is 13.2. The van der Waals surface area contributed by atoms with E-state index in [4.69, 9.17) is 15.2 Å². The van der Waals surface area contributed by atoms with Crippen LogP contribution >= 0.6 is 0 Å². The maximum Gasteiger partial charge on any atom is 0.236 e. The topological polar surface area (TPSA) is 85.1 Å². The number of ether oxygens (including phenoxy) is 2. The smallest absolute Gasteiger partial charge is 0.236 e. The van der Waals surface area contributed by atoms with Crippen LogP contribution in [0.4, 0.5) is 0 Å². The zero-order valence-electron chi connectivity index (χ0n) is 18.8. The molecular formula is C25H31N3O4. The number of nitrogens with zero attached hydrogens (tertiary/aromatic N) is 2. The summed E-state index contributed by atoms with van der Waals surface area (Å²) in [7, 11) is 3.28. The number of primary amides is 1. The predicted molar refractivity (Wildman–Crippen MR) is 122 cm³/mol. The van der Waals surface area contributed by atoms with E-state index < -0.39 is 0 Å². The number of hydrogen-bond acceptors (Lipinski definition) is 5. The predicted octanol–water partition coefficient (Wildman–Crippen LogP) is 2.38. The van der Waals surface area contributed by atoms with Crippen LogP contribution in [0.25, 0.3) is 0 Å². The Morgan fingerprint density at radius 1 is 1.06 bits per heavy atom. The van der Waals surface area contributed by atoms with E-state index in [1.54, 1.807) is 19.1 Å². The molecule has 32 heavy (non-hydrogen) atoms. The summed E-state index contributed by atoms with van der Waals surface area (Å²) in [6.45, 7) is 2.13. The van der Waals surface area contributed by atoms with Crippen molar-refractivity contribution in [2.75, 3.05) is 40.4 Å². The average molecular weight is 438 g/mol. The van der Waals surface area contributed by atoms with Gasteiger partial charge >= 0.3 is 0 Å². The number of hydrogen-bond donors (Lipinski definition) is 1. The Morgan fingerprint density at radius 3 is 2.47 bits per heavy atom. The van der Waals surface area contributed by atoms with Gasteiger partial charge in [0, 0.05) is 19.6 Å². The number of likely N-dealkylation sites (tertiary alicyclic amines) is 1. The number of rotatable bonds is 6. The number of benzene rings is 2. The van der Waals surface area contributed by atoms with Gasteiger partial charge in [0.1, 0.15) is 0 Å². The molecule has 2 N–H and O–H groups in total. The summed E-state index contributed by atoms with van der Waals surface area (Å²) in [5, 5.41) is 0. The Morgan fingerprint density at radius 2 is 1.78 bits per heavy atom. The Labute approximate surface area is 189 Å². The number of piperidine rings is 1. The largest absolute Gasteiger partial charge is 0.493 e. The summed E-state index contributed by atoms with van der Waals surface area (Å²) < 4.78 is 11.1. The van der Waals surface area contributed by atoms with Crippen LogP contribution in [-0.2, 0) is 16.0 Å². The second-order valence-electron chi connectivity index (χ2n) is 8.52. The summed E-state index contributed by atoms with van der Waals surface area (Å²) in [4.78, 5) is 28.9. The number of fused-ring (bicyclic) bond motifs is 1. The summed E-state index contributed by atoms with van der Waals surface area (Å²) in [5.74, 6) is 0.865. The summed E-state index contributed by atoms with van der Waals surface area (Å²) in [6.07, 6.45) is 2.38. The van der Waals surface area contributed by atoms with Crippen LogP contribution in [-0.4, -0.2) is 62.0 Å². The molecule has 0 unspecified atom stereocenters. The lowest BCUT2D eigenvalue weighted by molar-refractivity contribution is -0.136. The molecule has 2 aromatic rings. The van der Waals surface area contributed by atoms with Crippen LogP contribution in [0.15, 0.2) is 42.5 Å². The van der Waals surface area contributed by atoms with Crippen molar-refractivity contribution in [2.24, 2.45) is 11.7 Å². The van der Waals surface area contributed by atoms with Crippen molar-refractivity contribution in [3.05, 3.63) is 59.2 Å². The third-order valence-electron chi connectivity index (χ3n) is 6.60. The second-order valence-corrected chi connectivity index (χ2v) is 8.52. The van der Waals surface area contributed by atoms with Crippen molar-refractivity contribution >= 4 is 11.8 Å². The number of carbonyl (C=O) groups excluding carboxylic acids is 2. The Kier molecular flexibility index (Phi) is 6.65. The molecule has 2 aliphatic heterocycles. The highest BCUT2D eigenvalue weighted by molar-refractivity contribution is 5.81. The van der Waals surface area contributed by atoms with Gasteiger partial charge in [-0.05, 0) is 48.1 Å². The molecule has 2 aromatic carbocycles. The number of nitrogens with two attached hydrogens (primary N) is 1. The van der Waals surface area contributed by atoms with E-state index in [0.717, 1.165) is 36.9 Å². The number of amides is 2. The third-order valence-corrected chi connectivity index (χ3v) is 6.60. The summed E-state index contributed by atoms with van der Waals surface area (Å²) in [6, 6.07) is 14.2. The van der Waals surface area contributed by atoms with Gasteiger partial charge in [-0.15, -0.1) is 0 Å². The van der Waals surface area contributed by atoms with Gasteiger partial charge in [0.25, 0.3) is 0 Å². The van der Waals surface area contributed by atoms with E-state index in [1.165, 1.54) is 5.56 Å². The first-order valence-electron chi connectivity index (χ1n) is 11.1. The summed E-state index contributed by atoms with van der Waals surface area (Å²) >= 11 is 0. The Bertz CT molecular complexity index is 979. The second kappa shape index (κ2) is 9.61. The van der Waals surface area contributed by atoms with E-state index in [9.17, 15) is 9.59 Å². The van der Waals surface area contributed by atoms with E-state index in [2.05, 4.69) is 17.0 Å². The number of methoxy groups -OCH3 is 2. The molecule has 2 atom stereocenters. The van der Waals surface area contributed by atoms with Gasteiger partial charge in [0.05, 0.1) is 32.7 Å². The third kappa shape index (κ3) is 4.43. The number of carbonyl (C=O) groups is 2. The van der Waals surface area contributed by atoms with Crippen molar-refractivity contribution < 1.29 is 19.1 Å². The van der Waals surface area contributed by atoms with E-state index >= 15 is 0 Å². The van der Waals surface area contributed by atoms with Crippen LogP contribution in [0.5, 0.6) is 11.5 Å². The van der Waals surface area contributed by atoms with Crippen LogP contribution < -0.4 is 15.2 Å². The first-order chi connectivity index (χ1) is 15.5. The fourth-order valence-electron chi connectivity index (χ4n) is 4.90. The minimum Gasteiger partial charge on any atom is -0.493 e. The normalized spacial score (nSPS) is 21.0. The fourth-order valence-corrected chi connectivity index (χ4v) is 4.90. The van der Waals surface area contributed by atoms with Gasteiger partial charge in [0.2, 0.25) is 11.8 Å². The molecule has 0 aliphatic carbocycles. The van der Waals surface area contributed by atoms with Gasteiger partial charge < -0.3 is 20.1 Å². The van der Waals surface area contributed by atoms with Crippen LogP contribution in [0.1, 0.15) is 35.6 Å².